The third-order valence-electron chi connectivity index (χ3n) is 3.66. The number of hydrogen-bond acceptors (Lipinski definition) is 4. The third kappa shape index (κ3) is 4.62. The summed E-state index contributed by atoms with van der Waals surface area (Å²) < 4.78 is 23.5. The van der Waals surface area contributed by atoms with Crippen LogP contribution in [0.15, 0.2) is 48.8 Å². The van der Waals surface area contributed by atoms with Gasteiger partial charge in [0.15, 0.2) is 0 Å². The smallest absolute Gasteiger partial charge is 0.251 e. The zero-order chi connectivity index (χ0) is 17.7. The highest BCUT2D eigenvalue weighted by Gasteiger charge is 2.26. The highest BCUT2D eigenvalue weighted by Crippen LogP contribution is 2.28. The summed E-state index contributed by atoms with van der Waals surface area (Å²) in [5, 5.41) is 7.39. The molecule has 0 aliphatic carbocycles. The summed E-state index contributed by atoms with van der Waals surface area (Å²) in [5.41, 5.74) is 2.06. The Morgan fingerprint density at radius 3 is 2.21 bits per heavy atom. The predicted molar refractivity (Wildman–Crippen MR) is 92.5 cm³/mol. The van der Waals surface area contributed by atoms with Crippen LogP contribution in [0.3, 0.4) is 0 Å². The lowest BCUT2D eigenvalue weighted by Crippen LogP contribution is -2.26. The molecule has 0 spiro atoms. The van der Waals surface area contributed by atoms with Crippen LogP contribution in [0.4, 0.5) is 0 Å². The Balaban J connectivity index is 2.06. The van der Waals surface area contributed by atoms with Crippen molar-refractivity contribution in [1.29, 1.82) is 0 Å². The molecule has 1 atom stereocenters. The average molecular weight is 347 g/mol. The molecule has 1 amide bonds. The fraction of sp³-hybridized carbons (Fsp3) is 0.294. The number of nitrogens with one attached hydrogen (secondary N) is 1. The number of aromatic nitrogens is 1. The normalized spacial score (nSPS) is 12.8. The van der Waals surface area contributed by atoms with Crippen molar-refractivity contribution in [3.05, 3.63) is 65.5 Å². The van der Waals surface area contributed by atoms with Crippen LogP contribution in [0.5, 0.6) is 0 Å². The highest BCUT2D eigenvalue weighted by atomic mass is 32.2. The minimum absolute atomic E-state index is 0.128. The molecule has 0 aliphatic heterocycles. The number of primary sulfonamides is 1. The number of amides is 1. The lowest BCUT2D eigenvalue weighted by Gasteiger charge is -2.19. The van der Waals surface area contributed by atoms with Gasteiger partial charge in [-0.2, -0.15) is 0 Å². The number of sulfonamides is 1. The van der Waals surface area contributed by atoms with Crippen LogP contribution in [0.1, 0.15) is 40.6 Å². The van der Waals surface area contributed by atoms with Gasteiger partial charge in [0.2, 0.25) is 10.0 Å². The van der Waals surface area contributed by atoms with Crippen molar-refractivity contribution in [3.63, 3.8) is 0 Å². The second kappa shape index (κ2) is 7.55. The van der Waals surface area contributed by atoms with Gasteiger partial charge < -0.3 is 5.32 Å². The number of hydrogen-bond donors (Lipinski definition) is 2. The van der Waals surface area contributed by atoms with Crippen molar-refractivity contribution in [2.45, 2.75) is 25.6 Å². The second-order valence-electron chi connectivity index (χ2n) is 5.91. The van der Waals surface area contributed by atoms with Crippen LogP contribution < -0.4 is 10.5 Å². The monoisotopic (exact) mass is 347 g/mol. The number of pyridine rings is 1. The predicted octanol–water partition coefficient (Wildman–Crippen LogP) is 2.00. The SMILES string of the molecule is CC(C)C(c1ccc(CNC(=O)c2ccncc2)cc1)S(N)(=O)=O. The van der Waals surface area contributed by atoms with Crippen LogP contribution in [0, 0.1) is 5.92 Å². The Labute approximate surface area is 142 Å². The third-order valence-corrected chi connectivity index (χ3v) is 5.19. The minimum atomic E-state index is -3.67. The summed E-state index contributed by atoms with van der Waals surface area (Å²) >= 11 is 0. The number of benzene rings is 1. The summed E-state index contributed by atoms with van der Waals surface area (Å²) in [5.74, 6) is -0.316. The zero-order valence-electron chi connectivity index (χ0n) is 13.6. The fourth-order valence-corrected chi connectivity index (χ4v) is 3.86. The van der Waals surface area contributed by atoms with Crippen molar-refractivity contribution in [2.75, 3.05) is 0 Å². The second-order valence-corrected chi connectivity index (χ2v) is 7.60. The van der Waals surface area contributed by atoms with E-state index in [2.05, 4.69) is 10.3 Å². The first-order chi connectivity index (χ1) is 11.3. The van der Waals surface area contributed by atoms with Gasteiger partial charge in [0.05, 0.1) is 0 Å². The van der Waals surface area contributed by atoms with E-state index in [4.69, 9.17) is 5.14 Å². The molecule has 128 valence electrons. The van der Waals surface area contributed by atoms with Crippen LogP contribution in [-0.2, 0) is 16.6 Å². The van der Waals surface area contributed by atoms with E-state index in [1.807, 2.05) is 13.8 Å². The van der Waals surface area contributed by atoms with Gasteiger partial charge in [-0.3, -0.25) is 9.78 Å². The van der Waals surface area contributed by atoms with Gasteiger partial charge in [-0.1, -0.05) is 38.1 Å². The Morgan fingerprint density at radius 2 is 1.71 bits per heavy atom. The first-order valence-corrected chi connectivity index (χ1v) is 9.18. The quantitative estimate of drug-likeness (QED) is 0.834. The number of nitrogens with zero attached hydrogens (tertiary/aromatic N) is 1. The summed E-state index contributed by atoms with van der Waals surface area (Å²) in [4.78, 5) is 15.8. The molecular formula is C17H21N3O3S. The standard InChI is InChI=1S/C17H21N3O3S/c1-12(2)16(24(18,22)23)14-5-3-13(4-6-14)11-20-17(21)15-7-9-19-10-8-15/h3-10,12,16H,11H2,1-2H3,(H,20,21)(H2,18,22,23). The van der Waals surface area contributed by atoms with Crippen molar-refractivity contribution in [2.24, 2.45) is 11.1 Å². The maximum absolute atomic E-state index is 12.0. The number of nitrogens with two attached hydrogens (primary N) is 1. The largest absolute Gasteiger partial charge is 0.348 e. The van der Waals surface area contributed by atoms with Gasteiger partial charge in [-0.15, -0.1) is 0 Å². The molecule has 0 bridgehead atoms. The van der Waals surface area contributed by atoms with E-state index in [0.29, 0.717) is 17.7 Å². The molecule has 1 unspecified atom stereocenters. The molecule has 0 saturated carbocycles. The van der Waals surface area contributed by atoms with Gasteiger partial charge >= 0.3 is 0 Å². The van der Waals surface area contributed by atoms with E-state index < -0.39 is 15.3 Å². The van der Waals surface area contributed by atoms with Gasteiger partial charge in [0.25, 0.3) is 5.91 Å². The molecule has 0 fully saturated rings. The number of carbonyl (C=O) groups is 1. The molecule has 0 radical (unpaired) electrons. The molecule has 0 aliphatic rings. The van der Waals surface area contributed by atoms with Gasteiger partial charge in [-0.05, 0) is 29.2 Å². The van der Waals surface area contributed by atoms with Gasteiger partial charge in [0, 0.05) is 24.5 Å². The number of carbonyl (C=O) groups excluding carboxylic acids is 1. The highest BCUT2D eigenvalue weighted by molar-refractivity contribution is 7.89. The molecule has 2 aromatic rings. The average Bonchev–Trinajstić information content (AvgIpc) is 2.53. The van der Waals surface area contributed by atoms with Crippen LogP contribution in [-0.4, -0.2) is 19.3 Å². The maximum atomic E-state index is 12.0. The Kier molecular flexibility index (Phi) is 5.69. The molecule has 3 N–H and O–H groups in total. The summed E-state index contributed by atoms with van der Waals surface area (Å²) in [6, 6.07) is 10.3. The van der Waals surface area contributed by atoms with E-state index in [-0.39, 0.29) is 11.8 Å². The lowest BCUT2D eigenvalue weighted by atomic mass is 10.0. The summed E-state index contributed by atoms with van der Waals surface area (Å²) in [7, 11) is -3.67. The minimum Gasteiger partial charge on any atom is -0.348 e. The Hall–Kier alpha value is -2.25. The van der Waals surface area contributed by atoms with Crippen LogP contribution in [0.2, 0.25) is 0 Å². The molecule has 2 rings (SSSR count). The van der Waals surface area contributed by atoms with Crippen LogP contribution >= 0.6 is 0 Å². The Morgan fingerprint density at radius 1 is 1.12 bits per heavy atom. The molecule has 24 heavy (non-hydrogen) atoms. The van der Waals surface area contributed by atoms with E-state index in [1.54, 1.807) is 48.8 Å². The zero-order valence-corrected chi connectivity index (χ0v) is 14.5. The fourth-order valence-electron chi connectivity index (χ4n) is 2.57. The van der Waals surface area contributed by atoms with E-state index in [0.717, 1.165) is 5.56 Å². The maximum Gasteiger partial charge on any atom is 0.251 e. The first kappa shape index (κ1) is 18.1. The van der Waals surface area contributed by atoms with Crippen molar-refractivity contribution in [1.82, 2.24) is 10.3 Å². The van der Waals surface area contributed by atoms with Gasteiger partial charge in [0.1, 0.15) is 5.25 Å². The molecule has 6 nitrogen and oxygen atoms in total. The number of rotatable bonds is 6. The lowest BCUT2D eigenvalue weighted by molar-refractivity contribution is 0.0951. The topological polar surface area (TPSA) is 102 Å². The Bertz CT molecular complexity index is 788. The van der Waals surface area contributed by atoms with Crippen molar-refractivity contribution in [3.8, 4) is 0 Å². The van der Waals surface area contributed by atoms with Crippen molar-refractivity contribution < 1.29 is 13.2 Å². The van der Waals surface area contributed by atoms with Crippen LogP contribution in [0.25, 0.3) is 0 Å². The molecule has 1 aromatic heterocycles. The first-order valence-electron chi connectivity index (χ1n) is 7.57. The summed E-state index contributed by atoms with van der Waals surface area (Å²) in [6.07, 6.45) is 3.12. The van der Waals surface area contributed by atoms with Gasteiger partial charge in [-0.25, -0.2) is 13.6 Å². The molecule has 1 heterocycles. The van der Waals surface area contributed by atoms with E-state index >= 15 is 0 Å². The molecule has 7 heteroatoms. The van der Waals surface area contributed by atoms with Crippen molar-refractivity contribution >= 4 is 15.9 Å². The van der Waals surface area contributed by atoms with E-state index in [1.165, 1.54) is 0 Å². The molecular weight excluding hydrogens is 326 g/mol. The molecule has 0 saturated heterocycles. The van der Waals surface area contributed by atoms with E-state index in [9.17, 15) is 13.2 Å². The molecule has 1 aromatic carbocycles. The summed E-state index contributed by atoms with van der Waals surface area (Å²) in [6.45, 7) is 3.99.